The van der Waals surface area contributed by atoms with Crippen LogP contribution in [0.5, 0.6) is 0 Å². The molecule has 0 amide bonds. The highest BCUT2D eigenvalue weighted by Gasteiger charge is 2.22. The van der Waals surface area contributed by atoms with Gasteiger partial charge in [0.25, 0.3) is 0 Å². The summed E-state index contributed by atoms with van der Waals surface area (Å²) in [6, 6.07) is 0.809. The van der Waals surface area contributed by atoms with Crippen LogP contribution in [0.3, 0.4) is 0 Å². The van der Waals surface area contributed by atoms with Crippen LogP contribution in [0.4, 0.5) is 0 Å². The number of nitrogens with one attached hydrogen (secondary N) is 1. The lowest BCUT2D eigenvalue weighted by atomic mass is 9.96. The van der Waals surface area contributed by atoms with Gasteiger partial charge in [0.1, 0.15) is 0 Å². The SMILES string of the molecule is [CH2]CCCC1CC(CCCCC)CN1. The van der Waals surface area contributed by atoms with Crippen LogP contribution in [-0.2, 0) is 0 Å². The van der Waals surface area contributed by atoms with Gasteiger partial charge in [-0.05, 0) is 31.7 Å². The Morgan fingerprint density at radius 3 is 2.79 bits per heavy atom. The van der Waals surface area contributed by atoms with Gasteiger partial charge in [0.15, 0.2) is 0 Å². The summed E-state index contributed by atoms with van der Waals surface area (Å²) in [5.41, 5.74) is 0. The van der Waals surface area contributed by atoms with E-state index >= 15 is 0 Å². The van der Waals surface area contributed by atoms with Crippen LogP contribution in [0.15, 0.2) is 0 Å². The summed E-state index contributed by atoms with van der Waals surface area (Å²) in [5, 5.41) is 3.64. The first-order chi connectivity index (χ1) is 6.86. The predicted molar refractivity (Wildman–Crippen MR) is 63.2 cm³/mol. The van der Waals surface area contributed by atoms with Crippen molar-refractivity contribution >= 4 is 0 Å². The number of hydrogen-bond donors (Lipinski definition) is 1. The second kappa shape index (κ2) is 7.28. The zero-order chi connectivity index (χ0) is 10.2. The first-order valence-corrected chi connectivity index (χ1v) is 6.39. The molecule has 83 valence electrons. The minimum Gasteiger partial charge on any atom is -0.314 e. The minimum absolute atomic E-state index is 0.809. The largest absolute Gasteiger partial charge is 0.314 e. The van der Waals surface area contributed by atoms with E-state index in [4.69, 9.17) is 0 Å². The van der Waals surface area contributed by atoms with Crippen molar-refractivity contribution in [2.45, 2.75) is 64.3 Å². The molecule has 1 saturated heterocycles. The van der Waals surface area contributed by atoms with E-state index in [0.717, 1.165) is 18.4 Å². The average Bonchev–Trinajstić information content (AvgIpc) is 2.63. The number of unbranched alkanes of at least 4 members (excludes halogenated alkanes) is 3. The van der Waals surface area contributed by atoms with Crippen LogP contribution < -0.4 is 5.32 Å². The third-order valence-electron chi connectivity index (χ3n) is 3.33. The molecule has 1 heteroatoms. The standard InChI is InChI=1S/C13H26N/c1-3-5-7-8-12-10-13(14-11-12)9-6-4-2/h12-14H,2-11H2,1H3. The quantitative estimate of drug-likeness (QED) is 0.614. The van der Waals surface area contributed by atoms with Crippen LogP contribution in [0.2, 0.25) is 0 Å². The van der Waals surface area contributed by atoms with E-state index in [1.54, 1.807) is 0 Å². The summed E-state index contributed by atoms with van der Waals surface area (Å²) in [6.07, 6.45) is 10.8. The molecule has 0 aliphatic carbocycles. The Kier molecular flexibility index (Phi) is 6.25. The smallest absolute Gasteiger partial charge is 0.00702 e. The van der Waals surface area contributed by atoms with Crippen molar-refractivity contribution in [3.8, 4) is 0 Å². The fourth-order valence-corrected chi connectivity index (χ4v) is 2.42. The van der Waals surface area contributed by atoms with E-state index in [9.17, 15) is 0 Å². The van der Waals surface area contributed by atoms with Crippen molar-refractivity contribution in [1.82, 2.24) is 5.32 Å². The zero-order valence-corrected chi connectivity index (χ0v) is 9.73. The molecule has 0 bridgehead atoms. The maximum atomic E-state index is 3.90. The van der Waals surface area contributed by atoms with Crippen molar-refractivity contribution < 1.29 is 0 Å². The maximum Gasteiger partial charge on any atom is 0.00702 e. The Labute approximate surface area is 89.7 Å². The lowest BCUT2D eigenvalue weighted by molar-refractivity contribution is 0.472. The third kappa shape index (κ3) is 4.45. The molecule has 1 fully saturated rings. The molecule has 0 saturated carbocycles. The molecule has 1 aliphatic rings. The fourth-order valence-electron chi connectivity index (χ4n) is 2.42. The second-order valence-electron chi connectivity index (χ2n) is 4.70. The van der Waals surface area contributed by atoms with Gasteiger partial charge in [0, 0.05) is 6.04 Å². The molecule has 1 heterocycles. The molecule has 0 aromatic rings. The van der Waals surface area contributed by atoms with Gasteiger partial charge in [-0.2, -0.15) is 0 Å². The Bertz CT molecular complexity index is 133. The topological polar surface area (TPSA) is 12.0 Å². The third-order valence-corrected chi connectivity index (χ3v) is 3.33. The van der Waals surface area contributed by atoms with Crippen molar-refractivity contribution in [3.05, 3.63) is 6.92 Å². The summed E-state index contributed by atoms with van der Waals surface area (Å²) in [6.45, 7) is 7.45. The minimum atomic E-state index is 0.809. The Morgan fingerprint density at radius 1 is 1.21 bits per heavy atom. The van der Waals surface area contributed by atoms with Crippen LogP contribution in [0, 0.1) is 12.8 Å². The van der Waals surface area contributed by atoms with Crippen molar-refractivity contribution in [1.29, 1.82) is 0 Å². The molecule has 0 aromatic heterocycles. The summed E-state index contributed by atoms with van der Waals surface area (Å²) in [4.78, 5) is 0. The molecule has 2 unspecified atom stereocenters. The second-order valence-corrected chi connectivity index (χ2v) is 4.70. The molecule has 1 aliphatic heterocycles. The fraction of sp³-hybridized carbons (Fsp3) is 0.923. The van der Waals surface area contributed by atoms with Gasteiger partial charge in [0.2, 0.25) is 0 Å². The lowest BCUT2D eigenvalue weighted by Gasteiger charge is -2.09. The van der Waals surface area contributed by atoms with Gasteiger partial charge in [-0.3, -0.25) is 0 Å². The normalized spacial score (nSPS) is 27.0. The van der Waals surface area contributed by atoms with Crippen molar-refractivity contribution in [3.63, 3.8) is 0 Å². The van der Waals surface area contributed by atoms with E-state index in [2.05, 4.69) is 19.2 Å². The average molecular weight is 196 g/mol. The maximum absolute atomic E-state index is 3.90. The van der Waals surface area contributed by atoms with E-state index < -0.39 is 0 Å². The van der Waals surface area contributed by atoms with Crippen LogP contribution in [0.1, 0.15) is 58.3 Å². The number of rotatable bonds is 7. The molecular formula is C13H26N. The van der Waals surface area contributed by atoms with E-state index in [1.807, 2.05) is 0 Å². The molecule has 1 N–H and O–H groups in total. The van der Waals surface area contributed by atoms with Gasteiger partial charge in [-0.1, -0.05) is 46.0 Å². The van der Waals surface area contributed by atoms with Gasteiger partial charge in [-0.25, -0.2) is 0 Å². The molecule has 2 atom stereocenters. The number of hydrogen-bond acceptors (Lipinski definition) is 1. The summed E-state index contributed by atoms with van der Waals surface area (Å²) < 4.78 is 0. The highest BCUT2D eigenvalue weighted by Crippen LogP contribution is 2.22. The van der Waals surface area contributed by atoms with Crippen molar-refractivity contribution in [2.24, 2.45) is 5.92 Å². The Balaban J connectivity index is 2.02. The Morgan fingerprint density at radius 2 is 2.07 bits per heavy atom. The molecule has 1 nitrogen and oxygen atoms in total. The molecule has 0 spiro atoms. The Hall–Kier alpha value is -0.0400. The zero-order valence-electron chi connectivity index (χ0n) is 9.73. The van der Waals surface area contributed by atoms with Gasteiger partial charge >= 0.3 is 0 Å². The lowest BCUT2D eigenvalue weighted by Crippen LogP contribution is -2.20. The first kappa shape index (κ1) is 12.0. The van der Waals surface area contributed by atoms with E-state index in [1.165, 1.54) is 51.5 Å². The highest BCUT2D eigenvalue weighted by atomic mass is 14.9. The van der Waals surface area contributed by atoms with Crippen LogP contribution >= 0.6 is 0 Å². The van der Waals surface area contributed by atoms with Gasteiger partial charge < -0.3 is 5.32 Å². The summed E-state index contributed by atoms with van der Waals surface area (Å²) in [7, 11) is 0. The van der Waals surface area contributed by atoms with E-state index in [0.29, 0.717) is 0 Å². The van der Waals surface area contributed by atoms with Crippen LogP contribution in [-0.4, -0.2) is 12.6 Å². The molecule has 14 heavy (non-hydrogen) atoms. The monoisotopic (exact) mass is 196 g/mol. The summed E-state index contributed by atoms with van der Waals surface area (Å²) >= 11 is 0. The van der Waals surface area contributed by atoms with Crippen molar-refractivity contribution in [2.75, 3.05) is 6.54 Å². The van der Waals surface area contributed by atoms with Gasteiger partial charge in [-0.15, -0.1) is 0 Å². The molecular weight excluding hydrogens is 170 g/mol. The van der Waals surface area contributed by atoms with Gasteiger partial charge in [0.05, 0.1) is 0 Å². The molecule has 1 rings (SSSR count). The highest BCUT2D eigenvalue weighted by molar-refractivity contribution is 4.81. The molecule has 1 radical (unpaired) electrons. The van der Waals surface area contributed by atoms with Crippen LogP contribution in [0.25, 0.3) is 0 Å². The van der Waals surface area contributed by atoms with E-state index in [-0.39, 0.29) is 0 Å². The molecule has 0 aromatic carbocycles. The predicted octanol–water partition coefficient (Wildman–Crippen LogP) is 3.55. The first-order valence-electron chi connectivity index (χ1n) is 6.39. The summed E-state index contributed by atoms with van der Waals surface area (Å²) in [5.74, 6) is 0.969.